The van der Waals surface area contributed by atoms with Crippen molar-refractivity contribution in [3.8, 4) is 0 Å². The first-order chi connectivity index (χ1) is 18.5. The number of fused-ring (bicyclic) bond motifs is 7. The second kappa shape index (κ2) is 8.40. The smallest absolute Gasteiger partial charge is 0.238 e. The minimum atomic E-state index is -0.642. The van der Waals surface area contributed by atoms with Gasteiger partial charge in [0.05, 0.1) is 6.57 Å². The largest absolute Gasteiger partial charge is 0.307 e. The lowest BCUT2D eigenvalue weighted by molar-refractivity contribution is -0.176. The van der Waals surface area contributed by atoms with E-state index in [0.29, 0.717) is 19.5 Å². The van der Waals surface area contributed by atoms with Crippen LogP contribution in [0.1, 0.15) is 99.8 Å². The lowest BCUT2D eigenvalue weighted by Gasteiger charge is -2.69. The van der Waals surface area contributed by atoms with Crippen LogP contribution in [0.25, 0.3) is 4.85 Å². The van der Waals surface area contributed by atoms with Crippen LogP contribution in [-0.2, 0) is 14.4 Å². The van der Waals surface area contributed by atoms with Crippen LogP contribution >= 0.6 is 0 Å². The highest BCUT2D eigenvalue weighted by atomic mass is 16.2. The lowest BCUT2D eigenvalue weighted by Crippen LogP contribution is -2.66. The molecule has 0 aromatic heterocycles. The third kappa shape index (κ3) is 3.45. The molecule has 3 saturated carbocycles. The molecule has 4 fully saturated rings. The van der Waals surface area contributed by atoms with Gasteiger partial charge < -0.3 is 4.79 Å². The summed E-state index contributed by atoms with van der Waals surface area (Å²) >= 11 is 0. The van der Waals surface area contributed by atoms with Gasteiger partial charge in [-0.25, -0.2) is 10.3 Å². The first-order valence-electron chi connectivity index (χ1n) is 15.5. The van der Waals surface area contributed by atoms with Crippen molar-refractivity contribution < 1.29 is 14.4 Å². The van der Waals surface area contributed by atoms with E-state index >= 15 is 0 Å². The number of carbonyl (C=O) groups is 3. The summed E-state index contributed by atoms with van der Waals surface area (Å²) in [5, 5.41) is 1.87. The van der Waals surface area contributed by atoms with E-state index in [-0.39, 0.29) is 62.6 Å². The van der Waals surface area contributed by atoms with E-state index in [0.717, 1.165) is 50.5 Å². The summed E-state index contributed by atoms with van der Waals surface area (Å²) in [5.41, 5.74) is 3.26. The predicted molar refractivity (Wildman–Crippen MR) is 154 cm³/mol. The van der Waals surface area contributed by atoms with Gasteiger partial charge in [-0.2, -0.15) is 0 Å². The SMILES string of the molecule is [C-]#[N+]C1=C[C@]2(C)C3=CC(=O)[C@@H]4[C@@H]5CC(C)(C)CC[C@]5(CN5NCCC5=O)CC[C@@]4(C)[C@]3(C)CC[C@H]2C(C)(C)C1=O. The van der Waals surface area contributed by atoms with Crippen LogP contribution in [0.4, 0.5) is 0 Å². The van der Waals surface area contributed by atoms with Gasteiger partial charge in [0.2, 0.25) is 11.6 Å². The number of rotatable bonds is 2. The number of nitrogens with one attached hydrogen (secondary N) is 1. The standard InChI is InChI=1S/C34H47N3O3/c1-29(2)12-14-34(20-37-26(39)10-16-36-37)15-13-33(7)27(21(34)18-29)23(38)17-25-31(5)19-22(35-8)28(40)30(3,4)24(31)9-11-32(25,33)6/h17,19,21,24,27,36H,9-16,18,20H2,1-7H3/t21-,24-,27-,31-,32+,33+,34+/m0/s1. The molecule has 0 bridgehead atoms. The maximum absolute atomic E-state index is 14.6. The molecule has 0 unspecified atom stereocenters. The van der Waals surface area contributed by atoms with Crippen molar-refractivity contribution in [1.82, 2.24) is 10.4 Å². The van der Waals surface area contributed by atoms with Crippen molar-refractivity contribution in [2.75, 3.05) is 13.1 Å². The van der Waals surface area contributed by atoms with Crippen LogP contribution in [0.3, 0.4) is 0 Å². The number of nitrogens with zero attached hydrogens (tertiary/aromatic N) is 2. The van der Waals surface area contributed by atoms with E-state index in [1.54, 1.807) is 0 Å². The average molecular weight is 546 g/mol. The normalized spacial score (nSPS) is 45.4. The van der Waals surface area contributed by atoms with Gasteiger partial charge >= 0.3 is 0 Å². The van der Waals surface area contributed by atoms with Crippen molar-refractivity contribution in [2.24, 2.45) is 50.2 Å². The number of allylic oxidation sites excluding steroid dienone is 4. The van der Waals surface area contributed by atoms with E-state index in [1.807, 2.05) is 31.0 Å². The average Bonchev–Trinajstić information content (AvgIpc) is 3.27. The minimum absolute atomic E-state index is 0.0540. The van der Waals surface area contributed by atoms with Crippen molar-refractivity contribution in [3.05, 3.63) is 34.8 Å². The van der Waals surface area contributed by atoms with Crippen LogP contribution in [0.5, 0.6) is 0 Å². The molecular weight excluding hydrogens is 498 g/mol. The Morgan fingerprint density at radius 3 is 2.35 bits per heavy atom. The van der Waals surface area contributed by atoms with Gasteiger partial charge in [-0.05, 0) is 84.5 Å². The zero-order chi connectivity index (χ0) is 29.1. The van der Waals surface area contributed by atoms with Gasteiger partial charge in [0, 0.05) is 36.3 Å². The van der Waals surface area contributed by atoms with E-state index in [2.05, 4.69) is 44.9 Å². The Balaban J connectivity index is 1.48. The van der Waals surface area contributed by atoms with Crippen molar-refractivity contribution in [2.45, 2.75) is 99.8 Å². The Morgan fingerprint density at radius 1 is 1.00 bits per heavy atom. The summed E-state index contributed by atoms with van der Waals surface area (Å²) in [6.07, 6.45) is 11.5. The third-order valence-electron chi connectivity index (χ3n) is 13.4. The molecule has 0 aromatic carbocycles. The number of Topliss-reactive ketones (excluding diaryl/α,β-unsaturated/α-hetero) is 1. The van der Waals surface area contributed by atoms with E-state index < -0.39 is 10.8 Å². The predicted octanol–water partition coefficient (Wildman–Crippen LogP) is 6.30. The summed E-state index contributed by atoms with van der Waals surface area (Å²) in [7, 11) is 0. The van der Waals surface area contributed by atoms with Gasteiger partial charge in [0.1, 0.15) is 0 Å². The number of amides is 1. The Kier molecular flexibility index (Phi) is 5.86. The van der Waals surface area contributed by atoms with E-state index in [9.17, 15) is 14.4 Å². The second-order valence-corrected chi connectivity index (χ2v) is 16.2. The summed E-state index contributed by atoms with van der Waals surface area (Å²) in [6, 6.07) is 0. The molecule has 5 aliphatic carbocycles. The van der Waals surface area contributed by atoms with Crippen molar-refractivity contribution in [1.29, 1.82) is 0 Å². The van der Waals surface area contributed by atoms with Gasteiger partial charge in [0.25, 0.3) is 0 Å². The van der Waals surface area contributed by atoms with Gasteiger partial charge in [-0.3, -0.25) is 14.6 Å². The molecule has 0 aromatic rings. The molecule has 1 saturated heterocycles. The van der Waals surface area contributed by atoms with Crippen LogP contribution in [-0.4, -0.2) is 35.6 Å². The molecule has 1 aliphatic heterocycles. The fourth-order valence-corrected chi connectivity index (χ4v) is 11.0. The Labute approximate surface area is 240 Å². The molecular formula is C34H47N3O3. The number of hydrogen-bond donors (Lipinski definition) is 1. The Morgan fingerprint density at radius 2 is 1.70 bits per heavy atom. The topological polar surface area (TPSA) is 70.8 Å². The van der Waals surface area contributed by atoms with Gasteiger partial charge in [0.15, 0.2) is 11.6 Å². The molecule has 6 heteroatoms. The quantitative estimate of drug-likeness (QED) is 0.414. The monoisotopic (exact) mass is 545 g/mol. The summed E-state index contributed by atoms with van der Waals surface area (Å²) in [4.78, 5) is 44.3. The number of hydrazine groups is 1. The molecule has 6 nitrogen and oxygen atoms in total. The maximum Gasteiger partial charge on any atom is 0.238 e. The first kappa shape index (κ1) is 27.9. The van der Waals surface area contributed by atoms with Crippen LogP contribution in [0, 0.1) is 56.8 Å². The molecule has 1 heterocycles. The second-order valence-electron chi connectivity index (χ2n) is 16.2. The fourth-order valence-electron chi connectivity index (χ4n) is 11.0. The molecule has 1 N–H and O–H groups in total. The van der Waals surface area contributed by atoms with Gasteiger partial charge in [-0.1, -0.05) is 60.1 Å². The van der Waals surface area contributed by atoms with Crippen LogP contribution < -0.4 is 5.43 Å². The van der Waals surface area contributed by atoms with Crippen LogP contribution in [0.15, 0.2) is 23.4 Å². The highest BCUT2D eigenvalue weighted by Crippen LogP contribution is 2.74. The lowest BCUT2D eigenvalue weighted by atomic mass is 9.34. The molecule has 1 amide bonds. The zero-order valence-corrected chi connectivity index (χ0v) is 25.6. The summed E-state index contributed by atoms with van der Waals surface area (Å²) in [5.74, 6) is 0.549. The Bertz CT molecular complexity index is 1300. The van der Waals surface area contributed by atoms with Crippen LogP contribution in [0.2, 0.25) is 0 Å². The molecule has 40 heavy (non-hydrogen) atoms. The fraction of sp³-hybridized carbons (Fsp3) is 0.765. The molecule has 6 aliphatic rings. The van der Waals surface area contributed by atoms with E-state index in [4.69, 9.17) is 6.57 Å². The summed E-state index contributed by atoms with van der Waals surface area (Å²) < 4.78 is 0. The van der Waals surface area contributed by atoms with Crippen molar-refractivity contribution in [3.63, 3.8) is 0 Å². The molecule has 0 radical (unpaired) electrons. The highest BCUT2D eigenvalue weighted by Gasteiger charge is 2.69. The third-order valence-corrected chi connectivity index (χ3v) is 13.4. The molecule has 0 spiro atoms. The summed E-state index contributed by atoms with van der Waals surface area (Å²) in [6.45, 7) is 24.9. The molecule has 6 rings (SSSR count). The van der Waals surface area contributed by atoms with E-state index in [1.165, 1.54) is 0 Å². The maximum atomic E-state index is 14.6. The molecule has 216 valence electrons. The first-order valence-corrected chi connectivity index (χ1v) is 15.5. The number of hydrogen-bond acceptors (Lipinski definition) is 4. The molecule has 7 atom stereocenters. The highest BCUT2D eigenvalue weighted by molar-refractivity contribution is 6.03. The zero-order valence-electron chi connectivity index (χ0n) is 25.6. The van der Waals surface area contributed by atoms with Crippen molar-refractivity contribution >= 4 is 17.5 Å². The number of ketones is 2. The number of carbonyl (C=O) groups excluding carboxylic acids is 3. The Hall–Kier alpha value is -2.26. The van der Waals surface area contributed by atoms with Gasteiger partial charge in [-0.15, -0.1) is 0 Å². The minimum Gasteiger partial charge on any atom is -0.307 e.